The van der Waals surface area contributed by atoms with Crippen molar-refractivity contribution in [2.45, 2.75) is 0 Å². The Hall–Kier alpha value is -2.26. The van der Waals surface area contributed by atoms with Crippen molar-refractivity contribution in [3.05, 3.63) is 96.1 Å². The summed E-state index contributed by atoms with van der Waals surface area (Å²) in [6.07, 6.45) is 0. The molecule has 0 spiro atoms. The van der Waals surface area contributed by atoms with Crippen molar-refractivity contribution in [1.82, 2.24) is 0 Å². The minimum absolute atomic E-state index is 0.295. The molecule has 0 saturated carbocycles. The molecule has 0 N–H and O–H groups in total. The molecule has 0 fully saturated rings. The Morgan fingerprint density at radius 2 is 1.19 bits per heavy atom. The monoisotopic (exact) mass is 334 g/mol. The van der Waals surface area contributed by atoms with Gasteiger partial charge in [0.05, 0.1) is 0 Å². The van der Waals surface area contributed by atoms with E-state index in [4.69, 9.17) is 0 Å². The average molecular weight is 333 g/mol. The Morgan fingerprint density at radius 1 is 0.571 bits per heavy atom. The van der Waals surface area contributed by atoms with Gasteiger partial charge in [0.2, 0.25) is 0 Å². The van der Waals surface area contributed by atoms with Crippen LogP contribution in [0.15, 0.2) is 84.9 Å². The first kappa shape index (κ1) is 13.7. The van der Waals surface area contributed by atoms with Gasteiger partial charge in [-0.15, -0.1) is 0 Å². The molecule has 3 rings (SSSR count). The van der Waals surface area contributed by atoms with Gasteiger partial charge in [-0.25, -0.2) is 0 Å². The topological polar surface area (TPSA) is 0 Å². The van der Waals surface area contributed by atoms with Crippen LogP contribution in [-0.2, 0) is 0 Å². The molecule has 3 aromatic rings. The van der Waals surface area contributed by atoms with Crippen molar-refractivity contribution in [2.75, 3.05) is 0 Å². The molecule has 0 bridgehead atoms. The Morgan fingerprint density at radius 3 is 1.95 bits per heavy atom. The third kappa shape index (κ3) is 3.86. The van der Waals surface area contributed by atoms with E-state index in [1.54, 1.807) is 0 Å². The fourth-order valence-electron chi connectivity index (χ4n) is 1.94. The molecule has 3 aromatic carbocycles. The van der Waals surface area contributed by atoms with Crippen LogP contribution >= 0.6 is 0 Å². The van der Waals surface area contributed by atoms with E-state index in [0.29, 0.717) is 15.0 Å². The molecule has 0 radical (unpaired) electrons. The van der Waals surface area contributed by atoms with Crippen LogP contribution in [0, 0.1) is 11.8 Å². The van der Waals surface area contributed by atoms with Gasteiger partial charge in [0.1, 0.15) is 0 Å². The van der Waals surface area contributed by atoms with Gasteiger partial charge in [0.25, 0.3) is 0 Å². The van der Waals surface area contributed by atoms with E-state index < -0.39 is 0 Å². The number of rotatable bonds is 2. The first-order chi connectivity index (χ1) is 10.4. The molecule has 0 saturated heterocycles. The van der Waals surface area contributed by atoms with Crippen molar-refractivity contribution in [3.63, 3.8) is 0 Å². The number of hydrogen-bond donors (Lipinski definition) is 0. The predicted octanol–water partition coefficient (Wildman–Crippen LogP) is 2.74. The van der Waals surface area contributed by atoms with Crippen LogP contribution in [-0.4, -0.2) is 15.0 Å². The Labute approximate surface area is 132 Å². The van der Waals surface area contributed by atoms with E-state index in [1.807, 2.05) is 30.3 Å². The van der Waals surface area contributed by atoms with E-state index in [0.717, 1.165) is 11.1 Å². The molecule has 100 valence electrons. The zero-order valence-corrected chi connectivity index (χ0v) is 13.2. The van der Waals surface area contributed by atoms with Gasteiger partial charge in [-0.3, -0.25) is 0 Å². The van der Waals surface area contributed by atoms with Crippen LogP contribution in [0.1, 0.15) is 11.1 Å². The molecule has 0 unspecified atom stereocenters. The second-order valence-corrected chi connectivity index (χ2v) is 6.87. The molecule has 0 heterocycles. The van der Waals surface area contributed by atoms with Gasteiger partial charge in [-0.1, -0.05) is 0 Å². The summed E-state index contributed by atoms with van der Waals surface area (Å²) < 4.78 is 2.71. The van der Waals surface area contributed by atoms with Crippen molar-refractivity contribution < 1.29 is 0 Å². The molecular weight excluding hydrogens is 319 g/mol. The van der Waals surface area contributed by atoms with Crippen LogP contribution < -0.4 is 8.92 Å². The third-order valence-electron chi connectivity index (χ3n) is 2.97. The van der Waals surface area contributed by atoms with E-state index in [2.05, 4.69) is 66.4 Å². The maximum atomic E-state index is 3.32. The molecule has 0 nitrogen and oxygen atoms in total. The maximum absolute atomic E-state index is 3.32. The first-order valence-electron chi connectivity index (χ1n) is 6.81. The molecule has 1 heteroatoms. The normalized spacial score (nSPS) is 9.71. The molecule has 0 aliphatic carbocycles. The van der Waals surface area contributed by atoms with E-state index in [9.17, 15) is 0 Å². The average Bonchev–Trinajstić information content (AvgIpc) is 2.56. The molecule has 21 heavy (non-hydrogen) atoms. The predicted molar refractivity (Wildman–Crippen MR) is 90.3 cm³/mol. The van der Waals surface area contributed by atoms with Gasteiger partial charge >= 0.3 is 132 Å². The fraction of sp³-hybridized carbons (Fsp3) is 0. The Balaban J connectivity index is 1.89. The first-order valence-corrected chi connectivity index (χ1v) is 8.52. The second kappa shape index (κ2) is 6.95. The van der Waals surface area contributed by atoms with E-state index in [1.165, 1.54) is 8.92 Å². The Kier molecular flexibility index (Phi) is 4.54. The minimum atomic E-state index is 0.295. The van der Waals surface area contributed by atoms with E-state index >= 15 is 0 Å². The molecule has 0 aromatic heterocycles. The quantitative estimate of drug-likeness (QED) is 0.500. The molecular formula is C20H14Se. The number of hydrogen-bond acceptors (Lipinski definition) is 0. The summed E-state index contributed by atoms with van der Waals surface area (Å²) in [4.78, 5) is 0. The van der Waals surface area contributed by atoms with Crippen molar-refractivity contribution >= 4 is 23.9 Å². The summed E-state index contributed by atoms with van der Waals surface area (Å²) in [5.74, 6) is 6.56. The zero-order valence-electron chi connectivity index (χ0n) is 11.5. The molecule has 0 amide bonds. The van der Waals surface area contributed by atoms with Crippen LogP contribution in [0.5, 0.6) is 0 Å². The van der Waals surface area contributed by atoms with Gasteiger partial charge in [0, 0.05) is 0 Å². The van der Waals surface area contributed by atoms with Crippen LogP contribution in [0.3, 0.4) is 0 Å². The van der Waals surface area contributed by atoms with Gasteiger partial charge < -0.3 is 0 Å². The van der Waals surface area contributed by atoms with Crippen molar-refractivity contribution in [2.24, 2.45) is 0 Å². The van der Waals surface area contributed by atoms with Crippen molar-refractivity contribution in [1.29, 1.82) is 0 Å². The van der Waals surface area contributed by atoms with Gasteiger partial charge in [-0.2, -0.15) is 0 Å². The number of benzene rings is 3. The van der Waals surface area contributed by atoms with Crippen LogP contribution in [0.25, 0.3) is 0 Å². The second-order valence-electron chi connectivity index (χ2n) is 4.53. The van der Waals surface area contributed by atoms with Crippen molar-refractivity contribution in [3.8, 4) is 11.8 Å². The fourth-order valence-corrected chi connectivity index (χ4v) is 3.87. The zero-order chi connectivity index (χ0) is 14.3. The van der Waals surface area contributed by atoms with Gasteiger partial charge in [-0.05, 0) is 0 Å². The standard InChI is InChI=1S/C20H14Se/c1-3-9-17(10-4-1)15-16-18-11-7-8-14-20(18)21-19-12-5-2-6-13-19/h1-14H. The molecule has 0 atom stereocenters. The van der Waals surface area contributed by atoms with E-state index in [-0.39, 0.29) is 0 Å². The SMILES string of the molecule is C(#Cc1ccccc1[Se]c1ccccc1)c1ccccc1. The summed E-state index contributed by atoms with van der Waals surface area (Å²) in [5.41, 5.74) is 2.18. The summed E-state index contributed by atoms with van der Waals surface area (Å²) in [6.45, 7) is 0. The van der Waals surface area contributed by atoms with Gasteiger partial charge in [0.15, 0.2) is 0 Å². The summed E-state index contributed by atoms with van der Waals surface area (Å²) in [5, 5.41) is 0. The summed E-state index contributed by atoms with van der Waals surface area (Å²) >= 11 is 0.295. The van der Waals surface area contributed by atoms with Crippen LogP contribution in [0.2, 0.25) is 0 Å². The summed E-state index contributed by atoms with van der Waals surface area (Å²) in [6, 6.07) is 29.2. The molecule has 0 aliphatic heterocycles. The van der Waals surface area contributed by atoms with Crippen LogP contribution in [0.4, 0.5) is 0 Å². The molecule has 0 aliphatic rings. The summed E-state index contributed by atoms with van der Waals surface area (Å²) in [7, 11) is 0. The third-order valence-corrected chi connectivity index (χ3v) is 5.25. The Bertz CT molecular complexity index is 765.